The van der Waals surface area contributed by atoms with Gasteiger partial charge in [-0.3, -0.25) is 4.90 Å². The van der Waals surface area contributed by atoms with Crippen LogP contribution in [-0.2, 0) is 0 Å². The summed E-state index contributed by atoms with van der Waals surface area (Å²) in [5.74, 6) is 0. The van der Waals surface area contributed by atoms with Crippen molar-refractivity contribution in [3.8, 4) is 0 Å². The van der Waals surface area contributed by atoms with Gasteiger partial charge in [-0.15, -0.1) is 0 Å². The van der Waals surface area contributed by atoms with Crippen LogP contribution in [0.25, 0.3) is 0 Å². The highest BCUT2D eigenvalue weighted by Gasteiger charge is 2.36. The van der Waals surface area contributed by atoms with Crippen LogP contribution < -0.4 is 5.32 Å². The molecule has 2 unspecified atom stereocenters. The SMILES string of the molecule is CCNC1CCN(C2CCC(C)(C)C2)C1. The van der Waals surface area contributed by atoms with Gasteiger partial charge in [-0.1, -0.05) is 20.8 Å². The van der Waals surface area contributed by atoms with Crippen molar-refractivity contribution in [1.29, 1.82) is 0 Å². The average molecular weight is 210 g/mol. The Morgan fingerprint density at radius 1 is 1.33 bits per heavy atom. The molecule has 0 aromatic carbocycles. The minimum Gasteiger partial charge on any atom is -0.313 e. The minimum atomic E-state index is 0.598. The molecule has 1 aliphatic carbocycles. The number of hydrogen-bond donors (Lipinski definition) is 1. The molecule has 0 aromatic rings. The van der Waals surface area contributed by atoms with Crippen molar-refractivity contribution < 1.29 is 0 Å². The molecule has 2 nitrogen and oxygen atoms in total. The second kappa shape index (κ2) is 4.42. The molecule has 15 heavy (non-hydrogen) atoms. The number of rotatable bonds is 3. The van der Waals surface area contributed by atoms with Crippen molar-refractivity contribution >= 4 is 0 Å². The van der Waals surface area contributed by atoms with Crippen LogP contribution in [-0.4, -0.2) is 36.6 Å². The molecule has 88 valence electrons. The molecule has 0 aromatic heterocycles. The molecule has 2 rings (SSSR count). The van der Waals surface area contributed by atoms with E-state index in [1.807, 2.05) is 0 Å². The average Bonchev–Trinajstić information content (AvgIpc) is 2.73. The van der Waals surface area contributed by atoms with Gasteiger partial charge in [0.05, 0.1) is 0 Å². The Balaban J connectivity index is 1.81. The lowest BCUT2D eigenvalue weighted by Gasteiger charge is -2.25. The fraction of sp³-hybridized carbons (Fsp3) is 1.00. The lowest BCUT2D eigenvalue weighted by Crippen LogP contribution is -2.36. The number of hydrogen-bond acceptors (Lipinski definition) is 2. The van der Waals surface area contributed by atoms with Crippen LogP contribution in [0.2, 0.25) is 0 Å². The lowest BCUT2D eigenvalue weighted by molar-refractivity contribution is 0.223. The first-order valence-corrected chi connectivity index (χ1v) is 6.58. The Kier molecular flexibility index (Phi) is 3.36. The quantitative estimate of drug-likeness (QED) is 0.768. The van der Waals surface area contributed by atoms with Crippen LogP contribution in [0.5, 0.6) is 0 Å². The van der Waals surface area contributed by atoms with Gasteiger partial charge in [-0.2, -0.15) is 0 Å². The van der Waals surface area contributed by atoms with Gasteiger partial charge < -0.3 is 5.32 Å². The molecule has 0 spiro atoms. The molecule has 1 aliphatic heterocycles. The van der Waals surface area contributed by atoms with Crippen molar-refractivity contribution in [1.82, 2.24) is 10.2 Å². The molecule has 2 fully saturated rings. The van der Waals surface area contributed by atoms with E-state index in [1.54, 1.807) is 0 Å². The third-order valence-electron chi connectivity index (χ3n) is 4.17. The van der Waals surface area contributed by atoms with E-state index in [0.717, 1.165) is 18.6 Å². The predicted molar refractivity (Wildman–Crippen MR) is 65.1 cm³/mol. The zero-order chi connectivity index (χ0) is 10.9. The number of nitrogens with zero attached hydrogens (tertiary/aromatic N) is 1. The summed E-state index contributed by atoms with van der Waals surface area (Å²) in [5.41, 5.74) is 0.598. The van der Waals surface area contributed by atoms with Crippen molar-refractivity contribution in [2.24, 2.45) is 5.41 Å². The molecule has 0 radical (unpaired) electrons. The van der Waals surface area contributed by atoms with E-state index >= 15 is 0 Å². The van der Waals surface area contributed by atoms with Gasteiger partial charge in [0.1, 0.15) is 0 Å². The molecule has 1 saturated heterocycles. The first-order chi connectivity index (χ1) is 7.11. The molecule has 2 aliphatic rings. The summed E-state index contributed by atoms with van der Waals surface area (Å²) in [6.07, 6.45) is 5.60. The molecule has 1 heterocycles. The smallest absolute Gasteiger partial charge is 0.0207 e. The highest BCUT2D eigenvalue weighted by Crippen LogP contribution is 2.40. The van der Waals surface area contributed by atoms with Crippen LogP contribution in [0, 0.1) is 5.41 Å². The zero-order valence-electron chi connectivity index (χ0n) is 10.6. The predicted octanol–water partition coefficient (Wildman–Crippen LogP) is 2.25. The molecular formula is C13H26N2. The zero-order valence-corrected chi connectivity index (χ0v) is 10.6. The topological polar surface area (TPSA) is 15.3 Å². The van der Waals surface area contributed by atoms with E-state index in [9.17, 15) is 0 Å². The summed E-state index contributed by atoms with van der Waals surface area (Å²) in [7, 11) is 0. The van der Waals surface area contributed by atoms with Crippen molar-refractivity contribution in [3.63, 3.8) is 0 Å². The van der Waals surface area contributed by atoms with Gasteiger partial charge in [-0.05, 0) is 37.6 Å². The number of nitrogens with one attached hydrogen (secondary N) is 1. The van der Waals surface area contributed by atoms with E-state index in [1.165, 1.54) is 38.8 Å². The Morgan fingerprint density at radius 3 is 2.73 bits per heavy atom. The second-order valence-electron chi connectivity index (χ2n) is 6.10. The Bertz CT molecular complexity index is 213. The van der Waals surface area contributed by atoms with Gasteiger partial charge in [0.15, 0.2) is 0 Å². The van der Waals surface area contributed by atoms with Crippen LogP contribution in [0.4, 0.5) is 0 Å². The number of likely N-dealkylation sites (tertiary alicyclic amines) is 1. The van der Waals surface area contributed by atoms with Crippen molar-refractivity contribution in [2.45, 2.75) is 58.5 Å². The monoisotopic (exact) mass is 210 g/mol. The second-order valence-corrected chi connectivity index (χ2v) is 6.10. The Morgan fingerprint density at radius 2 is 2.13 bits per heavy atom. The summed E-state index contributed by atoms with van der Waals surface area (Å²) in [6, 6.07) is 1.64. The summed E-state index contributed by atoms with van der Waals surface area (Å²) < 4.78 is 0. The fourth-order valence-corrected chi connectivity index (χ4v) is 3.29. The first-order valence-electron chi connectivity index (χ1n) is 6.58. The van der Waals surface area contributed by atoms with Crippen LogP contribution in [0.3, 0.4) is 0 Å². The molecule has 0 bridgehead atoms. The van der Waals surface area contributed by atoms with E-state index < -0.39 is 0 Å². The van der Waals surface area contributed by atoms with Crippen LogP contribution in [0.15, 0.2) is 0 Å². The van der Waals surface area contributed by atoms with Gasteiger partial charge in [-0.25, -0.2) is 0 Å². The van der Waals surface area contributed by atoms with Gasteiger partial charge in [0.25, 0.3) is 0 Å². The maximum atomic E-state index is 3.58. The van der Waals surface area contributed by atoms with Gasteiger partial charge >= 0.3 is 0 Å². The standard InChI is InChI=1S/C13H26N2/c1-4-14-11-6-8-15(10-11)12-5-7-13(2,3)9-12/h11-12,14H,4-10H2,1-3H3. The van der Waals surface area contributed by atoms with E-state index in [0.29, 0.717) is 5.41 Å². The van der Waals surface area contributed by atoms with Crippen molar-refractivity contribution in [2.75, 3.05) is 19.6 Å². The molecular weight excluding hydrogens is 184 g/mol. The lowest BCUT2D eigenvalue weighted by atomic mass is 9.91. The van der Waals surface area contributed by atoms with Gasteiger partial charge in [0, 0.05) is 25.2 Å². The summed E-state index contributed by atoms with van der Waals surface area (Å²) in [6.45, 7) is 10.8. The van der Waals surface area contributed by atoms with Crippen LogP contribution in [0.1, 0.15) is 46.5 Å². The highest BCUT2D eigenvalue weighted by molar-refractivity contribution is 4.92. The van der Waals surface area contributed by atoms with E-state index in [-0.39, 0.29) is 0 Å². The fourth-order valence-electron chi connectivity index (χ4n) is 3.29. The Hall–Kier alpha value is -0.0800. The van der Waals surface area contributed by atoms with Crippen molar-refractivity contribution in [3.05, 3.63) is 0 Å². The molecule has 0 amide bonds. The minimum absolute atomic E-state index is 0.598. The maximum Gasteiger partial charge on any atom is 0.0207 e. The summed E-state index contributed by atoms with van der Waals surface area (Å²) in [5, 5.41) is 3.58. The summed E-state index contributed by atoms with van der Waals surface area (Å²) >= 11 is 0. The maximum absolute atomic E-state index is 3.58. The van der Waals surface area contributed by atoms with E-state index in [4.69, 9.17) is 0 Å². The van der Waals surface area contributed by atoms with Crippen LogP contribution >= 0.6 is 0 Å². The molecule has 2 heteroatoms. The molecule has 1 N–H and O–H groups in total. The Labute approximate surface area is 94.4 Å². The highest BCUT2D eigenvalue weighted by atomic mass is 15.2. The van der Waals surface area contributed by atoms with Gasteiger partial charge in [0.2, 0.25) is 0 Å². The summed E-state index contributed by atoms with van der Waals surface area (Å²) in [4.78, 5) is 2.72. The molecule has 2 atom stereocenters. The number of likely N-dealkylation sites (N-methyl/N-ethyl adjacent to an activating group) is 1. The first kappa shape index (κ1) is 11.4. The van der Waals surface area contributed by atoms with E-state index in [2.05, 4.69) is 31.0 Å². The normalized spacial score (nSPS) is 36.2. The largest absolute Gasteiger partial charge is 0.313 e. The third kappa shape index (κ3) is 2.73. The third-order valence-corrected chi connectivity index (χ3v) is 4.17. The molecule has 1 saturated carbocycles.